The van der Waals surface area contributed by atoms with Gasteiger partial charge in [-0.3, -0.25) is 4.79 Å². The molecule has 0 atom stereocenters. The van der Waals surface area contributed by atoms with Crippen molar-refractivity contribution in [1.29, 1.82) is 0 Å². The van der Waals surface area contributed by atoms with Crippen LogP contribution < -0.4 is 23.7 Å². The number of hydrogen-bond acceptors (Lipinski definition) is 12. The number of nitrogens with one attached hydrogen (secondary N) is 2. The summed E-state index contributed by atoms with van der Waals surface area (Å²) in [6.45, 7) is 0. The zero-order valence-corrected chi connectivity index (χ0v) is 37.8. The number of esters is 1. The van der Waals surface area contributed by atoms with E-state index in [1.807, 2.05) is 97.1 Å². The summed E-state index contributed by atoms with van der Waals surface area (Å²) in [5.41, 5.74) is 6.51. The molecule has 8 bridgehead atoms. The highest BCUT2D eigenvalue weighted by atomic mass is 28.1. The lowest BCUT2D eigenvalue weighted by Crippen LogP contribution is -2.41. The Hall–Kier alpha value is -8.43. The third-order valence-electron chi connectivity index (χ3n) is 12.1. The second kappa shape index (κ2) is 15.4. The highest BCUT2D eigenvalue weighted by Gasteiger charge is 2.41. The average molecular weight is 875 g/mol. The third kappa shape index (κ3) is 6.34. The number of rotatable bonds is 8. The lowest BCUT2D eigenvalue weighted by Gasteiger charge is -2.30. The Kier molecular flexibility index (Phi) is 9.35. The Balaban J connectivity index is 1.18. The van der Waals surface area contributed by atoms with E-state index in [9.17, 15) is 0 Å². The van der Waals surface area contributed by atoms with Gasteiger partial charge < -0.3 is 33.7 Å². The Bertz CT molecular complexity index is 3550. The number of aromatic nitrogens is 8. The Labute approximate surface area is 373 Å². The van der Waals surface area contributed by atoms with Gasteiger partial charge in [-0.15, -0.1) is 0 Å². The van der Waals surface area contributed by atoms with Gasteiger partial charge in [0.25, 0.3) is 0 Å². The van der Waals surface area contributed by atoms with Crippen molar-refractivity contribution in [3.8, 4) is 74.3 Å². The summed E-state index contributed by atoms with van der Waals surface area (Å²) in [7, 11) is 6.51. The summed E-state index contributed by atoms with van der Waals surface area (Å²) in [4.78, 5) is 52.8. The van der Waals surface area contributed by atoms with Gasteiger partial charge in [0.15, 0.2) is 46.3 Å². The second-order valence-corrected chi connectivity index (χ2v) is 17.1. The lowest BCUT2D eigenvalue weighted by atomic mass is 9.89. The quantitative estimate of drug-likeness (QED) is 0.0855. The molecule has 0 radical (unpaired) electrons. The van der Waals surface area contributed by atoms with Gasteiger partial charge in [-0.2, -0.15) is 0 Å². The van der Waals surface area contributed by atoms with Crippen LogP contribution in [-0.4, -0.2) is 84.5 Å². The molecule has 6 aromatic carbocycles. The number of carbonyl (C=O) groups excluding carboxylic acids is 1. The van der Waals surface area contributed by atoms with Crippen LogP contribution in [0.4, 0.5) is 0 Å². The summed E-state index contributed by atoms with van der Waals surface area (Å²) < 4.78 is 29.2. The number of fused-ring (bicyclic) bond motifs is 20. The summed E-state index contributed by atoms with van der Waals surface area (Å²) in [6.07, 6.45) is 0. The van der Waals surface area contributed by atoms with Crippen molar-refractivity contribution in [2.45, 2.75) is 5.04 Å². The number of nitrogens with zero attached hydrogens (tertiary/aromatic N) is 6. The maximum absolute atomic E-state index is 15.3. The fourth-order valence-electron chi connectivity index (χ4n) is 8.64. The zero-order valence-electron chi connectivity index (χ0n) is 35.8. The first kappa shape index (κ1) is 39.4. The lowest BCUT2D eigenvalue weighted by molar-refractivity contribution is -0.136. The molecule has 2 aliphatic heterocycles. The van der Waals surface area contributed by atoms with Gasteiger partial charge in [0.1, 0.15) is 28.3 Å². The molecule has 0 saturated carbocycles. The number of carbonyl (C=O) groups is 1. The molecule has 0 unspecified atom stereocenters. The molecular formula is C50H38N8O6Si. The predicted octanol–water partition coefficient (Wildman–Crippen LogP) is 8.12. The SMILES string of the molecule is COc1ccc(C([SiH3])(C(=O)Oc2cccc3c4nc5nc(nc6[nH]c(nc7nc(nc([nH]4)c23)-c2ccccc2-7)c2ccccc62)-c2ccccc2-5)c2ccc(OC)c(OC)c2)cc1OC. The summed E-state index contributed by atoms with van der Waals surface area (Å²) in [5.74, 6) is 3.51. The Morgan fingerprint density at radius 3 is 1.31 bits per heavy atom. The first-order valence-electron chi connectivity index (χ1n) is 20.7. The van der Waals surface area contributed by atoms with E-state index in [2.05, 4.69) is 9.97 Å². The second-order valence-electron chi connectivity index (χ2n) is 15.6. The molecule has 318 valence electrons. The van der Waals surface area contributed by atoms with E-state index in [4.69, 9.17) is 53.6 Å². The summed E-state index contributed by atoms with van der Waals surface area (Å²) >= 11 is 0. The van der Waals surface area contributed by atoms with Gasteiger partial charge in [-0.05, 0) is 41.5 Å². The molecule has 0 aliphatic carbocycles. The fourth-order valence-corrected chi connectivity index (χ4v) is 9.37. The molecule has 11 rings (SSSR count). The standard InChI is InChI=1S/C50H38N8O6Si/c1-60-35-22-20-26(24-38(35)62-3)50(65,27-21-23-36(61-2)39(25-27)63-4)49(59)64-37-19-11-18-34-40(37)48-57-46-33-17-10-9-16-32(33)44(55-46)53-42-29-13-6-5-12-28(29)41(51-42)52-43-30-14-7-8-15-31(30)45(54-43)56-47(34)58-48/h5-25H,1-4,65H3,(H2,51,52,53,54,55,56,57,58). The minimum atomic E-state index is -1.30. The summed E-state index contributed by atoms with van der Waals surface area (Å²) in [5, 5.41) is 1.62. The number of ether oxygens (including phenoxy) is 5. The van der Waals surface area contributed by atoms with Crippen molar-refractivity contribution < 1.29 is 28.5 Å². The van der Waals surface area contributed by atoms with Crippen molar-refractivity contribution in [2.75, 3.05) is 28.4 Å². The maximum Gasteiger partial charge on any atom is 0.322 e. The minimum Gasteiger partial charge on any atom is -0.493 e. The number of hydrogen-bond donors (Lipinski definition) is 2. The van der Waals surface area contributed by atoms with Crippen LogP contribution in [0.5, 0.6) is 28.7 Å². The van der Waals surface area contributed by atoms with Crippen LogP contribution in [-0.2, 0) is 9.83 Å². The molecule has 65 heavy (non-hydrogen) atoms. The molecular weight excluding hydrogens is 837 g/mol. The number of H-pyrrole nitrogens is 2. The van der Waals surface area contributed by atoms with Gasteiger partial charge in [0, 0.05) is 48.7 Å². The van der Waals surface area contributed by atoms with Crippen LogP contribution in [0.15, 0.2) is 127 Å². The van der Waals surface area contributed by atoms with Crippen LogP contribution in [0.2, 0.25) is 0 Å². The van der Waals surface area contributed by atoms with E-state index < -0.39 is 11.0 Å². The molecule has 0 amide bonds. The molecule has 5 heterocycles. The van der Waals surface area contributed by atoms with Crippen molar-refractivity contribution in [1.82, 2.24) is 39.9 Å². The first-order valence-corrected chi connectivity index (χ1v) is 21.7. The molecule has 9 aromatic rings. The van der Waals surface area contributed by atoms with Crippen LogP contribution >= 0.6 is 0 Å². The molecule has 0 saturated heterocycles. The van der Waals surface area contributed by atoms with Crippen LogP contribution in [0.1, 0.15) is 11.1 Å². The first-order chi connectivity index (χ1) is 31.8. The van der Waals surface area contributed by atoms with Crippen molar-refractivity contribution >= 4 is 60.3 Å². The van der Waals surface area contributed by atoms with E-state index in [0.29, 0.717) is 90.8 Å². The van der Waals surface area contributed by atoms with Gasteiger partial charge in [-0.25, -0.2) is 29.9 Å². The fraction of sp³-hybridized carbons (Fsp3) is 0.100. The van der Waals surface area contributed by atoms with Crippen LogP contribution in [0.3, 0.4) is 0 Å². The van der Waals surface area contributed by atoms with E-state index in [-0.39, 0.29) is 16.0 Å². The normalized spacial score (nSPS) is 11.9. The molecule has 0 spiro atoms. The third-order valence-corrected chi connectivity index (χ3v) is 13.6. The monoisotopic (exact) mass is 874 g/mol. The molecule has 0 fully saturated rings. The summed E-state index contributed by atoms with van der Waals surface area (Å²) in [6, 6.07) is 40.0. The molecule has 2 N–H and O–H groups in total. The van der Waals surface area contributed by atoms with Crippen LogP contribution in [0, 0.1) is 0 Å². The maximum atomic E-state index is 15.3. The van der Waals surface area contributed by atoms with Gasteiger partial charge in [-0.1, -0.05) is 97.1 Å². The van der Waals surface area contributed by atoms with E-state index in [1.165, 1.54) is 0 Å². The topological polar surface area (TPSA) is 172 Å². The number of methoxy groups -OCH3 is 4. The highest BCUT2D eigenvalue weighted by Crippen LogP contribution is 2.42. The Morgan fingerprint density at radius 2 is 0.846 bits per heavy atom. The van der Waals surface area contributed by atoms with E-state index in [1.54, 1.807) is 58.8 Å². The minimum absolute atomic E-state index is 0.255. The zero-order chi connectivity index (χ0) is 44.4. The van der Waals surface area contributed by atoms with Crippen molar-refractivity contribution in [2.24, 2.45) is 0 Å². The molecule has 14 nitrogen and oxygen atoms in total. The van der Waals surface area contributed by atoms with Gasteiger partial charge in [0.05, 0.1) is 38.9 Å². The Morgan fingerprint density at radius 1 is 0.446 bits per heavy atom. The van der Waals surface area contributed by atoms with Gasteiger partial charge in [0.2, 0.25) is 0 Å². The number of aromatic amines is 2. The van der Waals surface area contributed by atoms with E-state index >= 15 is 4.79 Å². The number of benzene rings is 6. The van der Waals surface area contributed by atoms with Gasteiger partial charge >= 0.3 is 5.97 Å². The van der Waals surface area contributed by atoms with Crippen molar-refractivity contribution in [3.05, 3.63) is 139 Å². The molecule has 3 aromatic heterocycles. The molecule has 15 heteroatoms. The molecule has 2 aliphatic rings. The largest absolute Gasteiger partial charge is 0.493 e. The van der Waals surface area contributed by atoms with Crippen LogP contribution in [0.25, 0.3) is 89.7 Å². The van der Waals surface area contributed by atoms with Crippen molar-refractivity contribution in [3.63, 3.8) is 0 Å². The highest BCUT2D eigenvalue weighted by molar-refractivity contribution is 6.31. The van der Waals surface area contributed by atoms with E-state index in [0.717, 1.165) is 33.0 Å². The average Bonchev–Trinajstić information content (AvgIpc) is 4.09. The predicted molar refractivity (Wildman–Crippen MR) is 251 cm³/mol. The smallest absolute Gasteiger partial charge is 0.322 e.